The highest BCUT2D eigenvalue weighted by molar-refractivity contribution is 7.09. The highest BCUT2D eigenvalue weighted by Gasteiger charge is 2.23. The standard InChI is InChI=1S/C17H19FN2OS/c1-10-4-7-14(18)8-15(10)16(21)19-17-20(9-13-5-6-13)11(2)12(3)22-17/h4,7-8,13H,5-6,9H2,1-3H3. The van der Waals surface area contributed by atoms with Crippen LogP contribution >= 0.6 is 11.3 Å². The second kappa shape index (κ2) is 5.80. The summed E-state index contributed by atoms with van der Waals surface area (Å²) in [5.74, 6) is -0.0750. The number of halogens is 1. The first-order valence-electron chi connectivity index (χ1n) is 7.47. The van der Waals surface area contributed by atoms with Crippen LogP contribution < -0.4 is 4.80 Å². The van der Waals surface area contributed by atoms with Gasteiger partial charge >= 0.3 is 0 Å². The third kappa shape index (κ3) is 3.04. The molecule has 0 spiro atoms. The average molecular weight is 318 g/mol. The van der Waals surface area contributed by atoms with Gasteiger partial charge in [-0.25, -0.2) is 4.39 Å². The second-order valence-corrected chi connectivity index (χ2v) is 7.14. The summed E-state index contributed by atoms with van der Waals surface area (Å²) >= 11 is 1.53. The van der Waals surface area contributed by atoms with Gasteiger partial charge in [-0.2, -0.15) is 4.99 Å². The largest absolute Gasteiger partial charge is 0.320 e. The number of rotatable bonds is 3. The fourth-order valence-electron chi connectivity index (χ4n) is 2.43. The van der Waals surface area contributed by atoms with Gasteiger partial charge in [0.15, 0.2) is 4.80 Å². The third-order valence-electron chi connectivity index (χ3n) is 4.15. The Balaban J connectivity index is 2.02. The molecule has 0 saturated heterocycles. The minimum absolute atomic E-state index is 0.335. The van der Waals surface area contributed by atoms with E-state index in [-0.39, 0.29) is 5.91 Å². The summed E-state index contributed by atoms with van der Waals surface area (Å²) in [6, 6.07) is 4.24. The van der Waals surface area contributed by atoms with Crippen LogP contribution in [0.25, 0.3) is 0 Å². The van der Waals surface area contributed by atoms with Crippen molar-refractivity contribution in [1.82, 2.24) is 4.57 Å². The van der Waals surface area contributed by atoms with Gasteiger partial charge in [0.1, 0.15) is 5.82 Å². The lowest BCUT2D eigenvalue weighted by Crippen LogP contribution is -2.19. The molecule has 1 aromatic carbocycles. The lowest BCUT2D eigenvalue weighted by atomic mass is 10.1. The number of thiazole rings is 1. The summed E-state index contributed by atoms with van der Waals surface area (Å²) in [5, 5.41) is 0. The molecule has 22 heavy (non-hydrogen) atoms. The van der Waals surface area contributed by atoms with Gasteiger partial charge in [-0.1, -0.05) is 6.07 Å². The number of hydrogen-bond acceptors (Lipinski definition) is 2. The number of hydrogen-bond donors (Lipinski definition) is 0. The van der Waals surface area contributed by atoms with E-state index in [0.717, 1.165) is 16.9 Å². The first kappa shape index (κ1) is 15.2. The molecule has 0 radical (unpaired) electrons. The molecular formula is C17H19FN2OS. The van der Waals surface area contributed by atoms with Crippen molar-refractivity contribution in [3.8, 4) is 0 Å². The predicted octanol–water partition coefficient (Wildman–Crippen LogP) is 3.77. The van der Waals surface area contributed by atoms with Crippen molar-refractivity contribution in [3.63, 3.8) is 0 Å². The molecular weight excluding hydrogens is 299 g/mol. The third-order valence-corrected chi connectivity index (χ3v) is 5.25. The van der Waals surface area contributed by atoms with Gasteiger partial charge in [0.25, 0.3) is 5.91 Å². The first-order valence-corrected chi connectivity index (χ1v) is 8.29. The number of carbonyl (C=O) groups is 1. The lowest BCUT2D eigenvalue weighted by molar-refractivity contribution is 0.0996. The Labute approximate surface area is 133 Å². The maximum absolute atomic E-state index is 13.4. The summed E-state index contributed by atoms with van der Waals surface area (Å²) in [7, 11) is 0. The van der Waals surface area contributed by atoms with Crippen LogP contribution in [-0.4, -0.2) is 10.5 Å². The number of nitrogens with zero attached hydrogens (tertiary/aromatic N) is 2. The molecule has 0 unspecified atom stereocenters. The van der Waals surface area contributed by atoms with Crippen LogP contribution in [0.4, 0.5) is 4.39 Å². The van der Waals surface area contributed by atoms with Crippen molar-refractivity contribution in [2.45, 2.75) is 40.2 Å². The maximum atomic E-state index is 13.4. The molecule has 3 rings (SSSR count). The fourth-order valence-corrected chi connectivity index (χ4v) is 3.41. The zero-order chi connectivity index (χ0) is 15.9. The summed E-state index contributed by atoms with van der Waals surface area (Å²) in [6.07, 6.45) is 2.50. The van der Waals surface area contributed by atoms with E-state index in [9.17, 15) is 9.18 Å². The molecule has 1 aliphatic rings. The lowest BCUT2D eigenvalue weighted by Gasteiger charge is -2.05. The second-order valence-electron chi connectivity index (χ2n) is 5.96. The number of aromatic nitrogens is 1. The molecule has 1 aromatic heterocycles. The molecule has 0 N–H and O–H groups in total. The first-order chi connectivity index (χ1) is 10.5. The van der Waals surface area contributed by atoms with E-state index < -0.39 is 5.82 Å². The van der Waals surface area contributed by atoms with Crippen LogP contribution in [-0.2, 0) is 6.54 Å². The van der Waals surface area contributed by atoms with Gasteiger partial charge in [0.2, 0.25) is 0 Å². The number of benzene rings is 1. The minimum Gasteiger partial charge on any atom is -0.320 e. The van der Waals surface area contributed by atoms with E-state index >= 15 is 0 Å². The van der Waals surface area contributed by atoms with Crippen molar-refractivity contribution in [3.05, 3.63) is 50.5 Å². The number of amides is 1. The molecule has 1 heterocycles. The van der Waals surface area contributed by atoms with E-state index in [1.807, 2.05) is 6.92 Å². The van der Waals surface area contributed by atoms with Gasteiger partial charge in [-0.15, -0.1) is 11.3 Å². The SMILES string of the molecule is Cc1ccc(F)cc1C(=O)N=c1sc(C)c(C)n1CC1CC1. The minimum atomic E-state index is -0.409. The summed E-state index contributed by atoms with van der Waals surface area (Å²) < 4.78 is 15.5. The van der Waals surface area contributed by atoms with Crippen LogP contribution in [0.3, 0.4) is 0 Å². The average Bonchev–Trinajstić information content (AvgIpc) is 3.25. The molecule has 116 valence electrons. The van der Waals surface area contributed by atoms with Crippen LogP contribution in [0.15, 0.2) is 23.2 Å². The molecule has 0 bridgehead atoms. The van der Waals surface area contributed by atoms with Crippen molar-refractivity contribution in [2.24, 2.45) is 10.9 Å². The molecule has 0 aliphatic heterocycles. The summed E-state index contributed by atoms with van der Waals surface area (Å²) in [4.78, 5) is 18.6. The fraction of sp³-hybridized carbons (Fsp3) is 0.412. The number of carbonyl (C=O) groups excluding carboxylic acids is 1. The molecule has 1 saturated carbocycles. The van der Waals surface area contributed by atoms with E-state index in [1.54, 1.807) is 13.0 Å². The van der Waals surface area contributed by atoms with E-state index in [4.69, 9.17) is 0 Å². The quantitative estimate of drug-likeness (QED) is 0.848. The zero-order valence-corrected chi connectivity index (χ0v) is 13.8. The Morgan fingerprint density at radius 2 is 2.09 bits per heavy atom. The Kier molecular flexibility index (Phi) is 4.00. The molecule has 1 fully saturated rings. The molecule has 1 aliphatic carbocycles. The van der Waals surface area contributed by atoms with E-state index in [2.05, 4.69) is 16.5 Å². The summed E-state index contributed by atoms with van der Waals surface area (Å²) in [6.45, 7) is 6.82. The van der Waals surface area contributed by atoms with Gasteiger partial charge in [0.05, 0.1) is 0 Å². The Bertz CT molecular complexity index is 799. The van der Waals surface area contributed by atoms with Crippen molar-refractivity contribution in [1.29, 1.82) is 0 Å². The molecule has 2 aromatic rings. The topological polar surface area (TPSA) is 34.4 Å². The van der Waals surface area contributed by atoms with E-state index in [1.165, 1.54) is 46.9 Å². The Morgan fingerprint density at radius 1 is 1.36 bits per heavy atom. The van der Waals surface area contributed by atoms with Crippen LogP contribution in [0.1, 0.15) is 39.3 Å². The van der Waals surface area contributed by atoms with Crippen LogP contribution in [0.2, 0.25) is 0 Å². The smallest absolute Gasteiger partial charge is 0.280 e. The van der Waals surface area contributed by atoms with Crippen LogP contribution in [0, 0.1) is 32.5 Å². The van der Waals surface area contributed by atoms with Gasteiger partial charge in [0, 0.05) is 22.7 Å². The highest BCUT2D eigenvalue weighted by Crippen LogP contribution is 2.31. The van der Waals surface area contributed by atoms with Gasteiger partial charge in [-0.05, 0) is 57.2 Å². The zero-order valence-electron chi connectivity index (χ0n) is 13.0. The molecule has 5 heteroatoms. The van der Waals surface area contributed by atoms with Gasteiger partial charge in [-0.3, -0.25) is 4.79 Å². The summed E-state index contributed by atoms with van der Waals surface area (Å²) in [5.41, 5.74) is 2.25. The Morgan fingerprint density at radius 3 is 2.77 bits per heavy atom. The normalized spacial score (nSPS) is 15.4. The van der Waals surface area contributed by atoms with E-state index in [0.29, 0.717) is 11.5 Å². The monoisotopic (exact) mass is 318 g/mol. The molecule has 3 nitrogen and oxygen atoms in total. The number of aryl methyl sites for hydroxylation is 2. The maximum Gasteiger partial charge on any atom is 0.280 e. The van der Waals surface area contributed by atoms with Gasteiger partial charge < -0.3 is 4.57 Å². The van der Waals surface area contributed by atoms with Crippen molar-refractivity contribution < 1.29 is 9.18 Å². The highest BCUT2D eigenvalue weighted by atomic mass is 32.1. The van der Waals surface area contributed by atoms with Crippen molar-refractivity contribution in [2.75, 3.05) is 0 Å². The van der Waals surface area contributed by atoms with Crippen LogP contribution in [0.5, 0.6) is 0 Å². The molecule has 1 amide bonds. The Hall–Kier alpha value is -1.75. The predicted molar refractivity (Wildman–Crippen MR) is 85.5 cm³/mol. The molecule has 0 atom stereocenters. The van der Waals surface area contributed by atoms with Crippen molar-refractivity contribution >= 4 is 17.2 Å².